The van der Waals surface area contributed by atoms with Crippen LogP contribution in [0.2, 0.25) is 0 Å². The fourth-order valence-electron chi connectivity index (χ4n) is 4.75. The maximum absolute atomic E-state index is 13.7. The molecule has 0 bridgehead atoms. The van der Waals surface area contributed by atoms with Gasteiger partial charge < -0.3 is 42.6 Å². The van der Waals surface area contributed by atoms with Gasteiger partial charge in [-0.1, -0.05) is 50.6 Å². The fraction of sp³-hybridized carbons (Fsp3) is 0.387. The van der Waals surface area contributed by atoms with Crippen molar-refractivity contribution in [3.63, 3.8) is 0 Å². The van der Waals surface area contributed by atoms with Gasteiger partial charge in [0.15, 0.2) is 0 Å². The summed E-state index contributed by atoms with van der Waals surface area (Å²) >= 11 is 0. The Hall–Kier alpha value is -4.91. The van der Waals surface area contributed by atoms with Crippen molar-refractivity contribution in [1.82, 2.24) is 20.9 Å². The van der Waals surface area contributed by atoms with Gasteiger partial charge in [-0.25, -0.2) is 4.79 Å². The molecule has 0 aliphatic heterocycles. The van der Waals surface area contributed by atoms with Crippen molar-refractivity contribution in [3.8, 4) is 5.75 Å². The Bertz CT molecular complexity index is 1470. The maximum atomic E-state index is 13.7. The van der Waals surface area contributed by atoms with Crippen LogP contribution in [0.25, 0.3) is 10.9 Å². The number of hydrogen-bond acceptors (Lipinski definition) is 7. The number of aromatic nitrogens is 1. The molecule has 0 aliphatic rings. The smallest absolute Gasteiger partial charge is 0.326 e. The number of nitrogens with one attached hydrogen (secondary N) is 4. The minimum absolute atomic E-state index is 0.00524. The van der Waals surface area contributed by atoms with Gasteiger partial charge in [0.1, 0.15) is 23.9 Å². The lowest BCUT2D eigenvalue weighted by Gasteiger charge is -2.28. The zero-order valence-corrected chi connectivity index (χ0v) is 24.7. The number of aliphatic carboxylic acids is 1. The van der Waals surface area contributed by atoms with Crippen LogP contribution in [-0.2, 0) is 36.8 Å². The van der Waals surface area contributed by atoms with Crippen molar-refractivity contribution in [1.29, 1.82) is 0 Å². The average molecular weight is 609 g/mol. The van der Waals surface area contributed by atoms with Gasteiger partial charge in [0.2, 0.25) is 23.6 Å². The lowest BCUT2D eigenvalue weighted by molar-refractivity contribution is -0.142. The molecule has 44 heavy (non-hydrogen) atoms. The zero-order valence-electron chi connectivity index (χ0n) is 24.7. The maximum Gasteiger partial charge on any atom is 0.326 e. The van der Waals surface area contributed by atoms with E-state index in [-0.39, 0.29) is 37.4 Å². The number of aromatic amines is 1. The molecule has 4 amide bonds. The Morgan fingerprint density at radius 1 is 0.886 bits per heavy atom. The van der Waals surface area contributed by atoms with Crippen LogP contribution in [0.4, 0.5) is 0 Å². The molecule has 1 heterocycles. The number of H-pyrrole nitrogens is 1. The predicted molar refractivity (Wildman–Crippen MR) is 163 cm³/mol. The summed E-state index contributed by atoms with van der Waals surface area (Å²) < 4.78 is 0. The third-order valence-electron chi connectivity index (χ3n) is 7.55. The highest BCUT2D eigenvalue weighted by Crippen LogP contribution is 2.20. The summed E-state index contributed by atoms with van der Waals surface area (Å²) in [4.78, 5) is 66.4. The van der Waals surface area contributed by atoms with E-state index in [0.717, 1.165) is 16.5 Å². The molecule has 0 saturated carbocycles. The number of fused-ring (bicyclic) bond motifs is 1. The quantitative estimate of drug-likeness (QED) is 0.116. The van der Waals surface area contributed by atoms with E-state index in [2.05, 4.69) is 20.9 Å². The van der Waals surface area contributed by atoms with Crippen LogP contribution in [0.3, 0.4) is 0 Å². The van der Waals surface area contributed by atoms with Gasteiger partial charge >= 0.3 is 5.97 Å². The standard InChI is InChI=1S/C31H40N6O7/c1-3-17(2)27(37-28(40)22(32)14-18-8-10-20(38)11-9-18)30(42)36-25(15-19-16-34-23-7-5-4-6-21(19)23)29(41)35-24(31(43)44)12-13-26(33)39/h4-11,16-17,22,24-25,27,34,38H,3,12-15,32H2,1-2H3,(H2,33,39)(H,35,41)(H,36,42)(H,37,40)(H,43,44). The topological polar surface area (TPSA) is 230 Å². The number of amides is 4. The second-order valence-electron chi connectivity index (χ2n) is 10.9. The summed E-state index contributed by atoms with van der Waals surface area (Å²) in [5.41, 5.74) is 13.5. The SMILES string of the molecule is CCC(C)C(NC(=O)C(N)Cc1ccc(O)cc1)C(=O)NC(Cc1c[nH]c2ccccc12)C(=O)NC(CCC(N)=O)C(=O)O. The monoisotopic (exact) mass is 608 g/mol. The van der Waals surface area contributed by atoms with Gasteiger partial charge in [0.05, 0.1) is 6.04 Å². The molecule has 0 saturated heterocycles. The number of primary amides is 1. The highest BCUT2D eigenvalue weighted by atomic mass is 16.4. The Morgan fingerprint density at radius 2 is 1.55 bits per heavy atom. The van der Waals surface area contributed by atoms with Crippen molar-refractivity contribution < 1.29 is 34.2 Å². The van der Waals surface area contributed by atoms with Crippen molar-refractivity contribution in [2.45, 2.75) is 70.1 Å². The van der Waals surface area contributed by atoms with E-state index < -0.39 is 53.8 Å². The number of carboxylic acids is 1. The first-order chi connectivity index (χ1) is 20.9. The third-order valence-corrected chi connectivity index (χ3v) is 7.55. The molecule has 10 N–H and O–H groups in total. The lowest BCUT2D eigenvalue weighted by Crippen LogP contribution is -2.59. The van der Waals surface area contributed by atoms with Crippen LogP contribution in [0, 0.1) is 5.92 Å². The number of hydrogen-bond donors (Lipinski definition) is 8. The van der Waals surface area contributed by atoms with Crippen LogP contribution in [0.5, 0.6) is 5.75 Å². The molecule has 236 valence electrons. The molecule has 13 nitrogen and oxygen atoms in total. The number of rotatable bonds is 16. The molecule has 3 aromatic rings. The summed E-state index contributed by atoms with van der Waals surface area (Å²) in [7, 11) is 0. The molecule has 3 rings (SSSR count). The predicted octanol–water partition coefficient (Wildman–Crippen LogP) is 0.837. The number of carbonyl (C=O) groups is 5. The van der Waals surface area contributed by atoms with Crippen LogP contribution < -0.4 is 27.4 Å². The normalized spacial score (nSPS) is 14.5. The van der Waals surface area contributed by atoms with E-state index in [1.54, 1.807) is 25.3 Å². The molecule has 1 aromatic heterocycles. The van der Waals surface area contributed by atoms with E-state index in [1.807, 2.05) is 31.2 Å². The highest BCUT2D eigenvalue weighted by molar-refractivity contribution is 5.95. The van der Waals surface area contributed by atoms with Gasteiger partial charge in [-0.3, -0.25) is 19.2 Å². The number of para-hydroxylation sites is 1. The van der Waals surface area contributed by atoms with E-state index in [4.69, 9.17) is 11.5 Å². The Kier molecular flexibility index (Phi) is 11.9. The van der Waals surface area contributed by atoms with E-state index in [0.29, 0.717) is 12.0 Å². The molecular weight excluding hydrogens is 568 g/mol. The first-order valence-corrected chi connectivity index (χ1v) is 14.4. The van der Waals surface area contributed by atoms with Gasteiger partial charge in [0, 0.05) is 29.9 Å². The number of carboxylic acid groups (broad SMARTS) is 1. The Labute approximate surface area is 254 Å². The molecule has 5 atom stereocenters. The molecule has 0 radical (unpaired) electrons. The van der Waals surface area contributed by atoms with E-state index >= 15 is 0 Å². The molecular formula is C31H40N6O7. The van der Waals surface area contributed by atoms with Gasteiger partial charge in [-0.05, 0) is 48.1 Å². The number of aromatic hydroxyl groups is 1. The average Bonchev–Trinajstić information content (AvgIpc) is 3.40. The number of nitrogens with two attached hydrogens (primary N) is 2. The lowest BCUT2D eigenvalue weighted by atomic mass is 9.96. The third kappa shape index (κ3) is 9.30. The van der Waals surface area contributed by atoms with Crippen molar-refractivity contribution in [2.75, 3.05) is 0 Å². The van der Waals surface area contributed by atoms with Crippen LogP contribution in [0.1, 0.15) is 44.2 Å². The number of carbonyl (C=O) groups excluding carboxylic acids is 4. The van der Waals surface area contributed by atoms with Crippen LogP contribution in [0.15, 0.2) is 54.7 Å². The van der Waals surface area contributed by atoms with Crippen LogP contribution >= 0.6 is 0 Å². The molecule has 0 fully saturated rings. The van der Waals surface area contributed by atoms with E-state index in [1.165, 1.54) is 12.1 Å². The van der Waals surface area contributed by atoms with Crippen molar-refractivity contribution in [3.05, 3.63) is 65.9 Å². The summed E-state index contributed by atoms with van der Waals surface area (Å²) in [6, 6.07) is 8.93. The molecule has 2 aromatic carbocycles. The first kappa shape index (κ1) is 33.6. The summed E-state index contributed by atoms with van der Waals surface area (Å²) in [6.07, 6.45) is 1.89. The summed E-state index contributed by atoms with van der Waals surface area (Å²) in [5.74, 6) is -4.34. The van der Waals surface area contributed by atoms with Gasteiger partial charge in [-0.15, -0.1) is 0 Å². The molecule has 0 spiro atoms. The zero-order chi connectivity index (χ0) is 32.4. The molecule has 13 heteroatoms. The fourth-order valence-corrected chi connectivity index (χ4v) is 4.75. The largest absolute Gasteiger partial charge is 0.508 e. The Morgan fingerprint density at radius 3 is 2.18 bits per heavy atom. The number of phenolic OH excluding ortho intramolecular Hbond substituents is 1. The summed E-state index contributed by atoms with van der Waals surface area (Å²) in [6.45, 7) is 3.62. The Balaban J connectivity index is 1.82. The summed E-state index contributed by atoms with van der Waals surface area (Å²) in [5, 5.41) is 27.8. The second kappa shape index (κ2) is 15.5. The van der Waals surface area contributed by atoms with Crippen molar-refractivity contribution >= 4 is 40.5 Å². The van der Waals surface area contributed by atoms with Crippen LogP contribution in [-0.4, -0.2) is 69.0 Å². The minimum atomic E-state index is -1.42. The number of phenols is 1. The number of benzene rings is 2. The molecule has 0 aliphatic carbocycles. The van der Waals surface area contributed by atoms with Crippen molar-refractivity contribution in [2.24, 2.45) is 17.4 Å². The minimum Gasteiger partial charge on any atom is -0.508 e. The second-order valence-corrected chi connectivity index (χ2v) is 10.9. The van der Waals surface area contributed by atoms with Gasteiger partial charge in [-0.2, -0.15) is 0 Å². The van der Waals surface area contributed by atoms with Gasteiger partial charge in [0.25, 0.3) is 0 Å². The molecule has 5 unspecified atom stereocenters. The highest BCUT2D eigenvalue weighted by Gasteiger charge is 2.33. The van der Waals surface area contributed by atoms with E-state index in [9.17, 15) is 34.2 Å². The first-order valence-electron chi connectivity index (χ1n) is 14.4.